The number of carboxylic acid groups (broad SMARTS) is 1. The molecule has 2 unspecified atom stereocenters. The van der Waals surface area contributed by atoms with E-state index in [9.17, 15) is 9.59 Å². The minimum atomic E-state index is -0.765. The number of nitrogens with zero attached hydrogens (tertiary/aromatic N) is 3. The van der Waals surface area contributed by atoms with Gasteiger partial charge < -0.3 is 10.0 Å². The topological polar surface area (TPSA) is 75.4 Å². The van der Waals surface area contributed by atoms with Gasteiger partial charge in [0, 0.05) is 19.1 Å². The van der Waals surface area contributed by atoms with E-state index >= 15 is 0 Å². The van der Waals surface area contributed by atoms with E-state index in [1.807, 2.05) is 20.8 Å². The van der Waals surface area contributed by atoms with Crippen molar-refractivity contribution in [1.29, 1.82) is 0 Å². The van der Waals surface area contributed by atoms with Crippen molar-refractivity contribution >= 4 is 11.9 Å². The Morgan fingerprint density at radius 3 is 2.75 bits per heavy atom. The number of amides is 1. The molecule has 1 saturated heterocycles. The maximum atomic E-state index is 12.6. The number of aromatic nitrogens is 2. The average Bonchev–Trinajstić information content (AvgIpc) is 2.79. The van der Waals surface area contributed by atoms with Gasteiger partial charge in [-0.2, -0.15) is 5.10 Å². The molecule has 20 heavy (non-hydrogen) atoms. The predicted octanol–water partition coefficient (Wildman–Crippen LogP) is 1.54. The number of piperidine rings is 1. The van der Waals surface area contributed by atoms with Crippen LogP contribution in [0.25, 0.3) is 0 Å². The molecule has 0 bridgehead atoms. The molecule has 0 spiro atoms. The molecule has 0 aromatic carbocycles. The third kappa shape index (κ3) is 2.69. The number of rotatable bonds is 3. The van der Waals surface area contributed by atoms with Crippen LogP contribution in [0.2, 0.25) is 0 Å². The fourth-order valence-corrected chi connectivity index (χ4v) is 2.80. The molecule has 6 nitrogen and oxygen atoms in total. The Hall–Kier alpha value is -1.85. The summed E-state index contributed by atoms with van der Waals surface area (Å²) in [4.78, 5) is 25.4. The summed E-state index contributed by atoms with van der Waals surface area (Å²) >= 11 is 0. The normalized spacial score (nSPS) is 22.9. The Morgan fingerprint density at radius 1 is 1.50 bits per heavy atom. The van der Waals surface area contributed by atoms with Crippen molar-refractivity contribution in [2.45, 2.75) is 46.2 Å². The molecule has 1 aromatic rings. The third-order valence-electron chi connectivity index (χ3n) is 3.91. The lowest BCUT2D eigenvalue weighted by Gasteiger charge is -2.36. The summed E-state index contributed by atoms with van der Waals surface area (Å²) in [5.41, 5.74) is 1.41. The minimum Gasteiger partial charge on any atom is -0.481 e. The Morgan fingerprint density at radius 2 is 2.20 bits per heavy atom. The number of carboxylic acids is 1. The van der Waals surface area contributed by atoms with Gasteiger partial charge in [0.2, 0.25) is 0 Å². The van der Waals surface area contributed by atoms with E-state index in [4.69, 9.17) is 5.11 Å². The second-order valence-corrected chi connectivity index (χ2v) is 5.39. The fourth-order valence-electron chi connectivity index (χ4n) is 2.80. The van der Waals surface area contributed by atoms with Crippen molar-refractivity contribution in [3.8, 4) is 0 Å². The molecule has 1 fully saturated rings. The largest absolute Gasteiger partial charge is 0.481 e. The zero-order valence-electron chi connectivity index (χ0n) is 12.2. The first-order chi connectivity index (χ1) is 9.43. The van der Waals surface area contributed by atoms with Gasteiger partial charge in [-0.25, -0.2) is 0 Å². The number of aliphatic carboxylic acids is 1. The van der Waals surface area contributed by atoms with Crippen LogP contribution in [0, 0.1) is 12.8 Å². The highest BCUT2D eigenvalue weighted by Crippen LogP contribution is 2.24. The van der Waals surface area contributed by atoms with Gasteiger partial charge in [0.15, 0.2) is 0 Å². The van der Waals surface area contributed by atoms with Gasteiger partial charge in [-0.1, -0.05) is 0 Å². The molecule has 0 saturated carbocycles. The first-order valence-corrected chi connectivity index (χ1v) is 7.02. The lowest BCUT2D eigenvalue weighted by Crippen LogP contribution is -2.46. The van der Waals surface area contributed by atoms with Crippen LogP contribution >= 0.6 is 0 Å². The molecular weight excluding hydrogens is 258 g/mol. The van der Waals surface area contributed by atoms with Crippen molar-refractivity contribution in [3.63, 3.8) is 0 Å². The molecule has 1 aliphatic heterocycles. The summed E-state index contributed by atoms with van der Waals surface area (Å²) < 4.78 is 1.70. The van der Waals surface area contributed by atoms with E-state index < -0.39 is 5.97 Å². The molecule has 2 rings (SSSR count). The first-order valence-electron chi connectivity index (χ1n) is 7.02. The monoisotopic (exact) mass is 279 g/mol. The second-order valence-electron chi connectivity index (χ2n) is 5.39. The van der Waals surface area contributed by atoms with Crippen molar-refractivity contribution < 1.29 is 14.7 Å². The zero-order valence-corrected chi connectivity index (χ0v) is 12.2. The lowest BCUT2D eigenvalue weighted by atomic mass is 9.91. The Bertz CT molecular complexity index is 524. The molecule has 1 N–H and O–H groups in total. The standard InChI is InChI=1S/C14H21N3O3/c1-4-17-12(7-9(2)15-17)13(18)16-6-5-11(14(19)20)8-10(16)3/h7,10-11H,4-6,8H2,1-3H3,(H,19,20). The maximum Gasteiger partial charge on any atom is 0.306 e. The fraction of sp³-hybridized carbons (Fsp3) is 0.643. The van der Waals surface area contributed by atoms with Crippen LogP contribution in [0.15, 0.2) is 6.07 Å². The van der Waals surface area contributed by atoms with E-state index in [2.05, 4.69) is 5.10 Å². The van der Waals surface area contributed by atoms with E-state index in [0.717, 1.165) is 5.69 Å². The predicted molar refractivity (Wildman–Crippen MR) is 73.5 cm³/mol. The highest BCUT2D eigenvalue weighted by Gasteiger charge is 2.33. The highest BCUT2D eigenvalue weighted by atomic mass is 16.4. The van der Waals surface area contributed by atoms with Crippen LogP contribution in [0.3, 0.4) is 0 Å². The van der Waals surface area contributed by atoms with Crippen LogP contribution in [-0.2, 0) is 11.3 Å². The Kier molecular flexibility index (Phi) is 4.11. The Labute approximate surface area is 118 Å². The van der Waals surface area contributed by atoms with Crippen LogP contribution in [-0.4, -0.2) is 44.3 Å². The van der Waals surface area contributed by atoms with Crippen LogP contribution in [0.5, 0.6) is 0 Å². The van der Waals surface area contributed by atoms with E-state index in [1.165, 1.54) is 0 Å². The molecule has 0 radical (unpaired) electrons. The van der Waals surface area contributed by atoms with Gasteiger partial charge in [0.25, 0.3) is 5.91 Å². The molecule has 2 atom stereocenters. The number of hydrogen-bond donors (Lipinski definition) is 1. The first kappa shape index (κ1) is 14.6. The van der Waals surface area contributed by atoms with E-state index in [0.29, 0.717) is 31.6 Å². The van der Waals surface area contributed by atoms with Gasteiger partial charge in [0.05, 0.1) is 11.6 Å². The van der Waals surface area contributed by atoms with Crippen molar-refractivity contribution in [2.24, 2.45) is 5.92 Å². The number of carbonyl (C=O) groups is 2. The van der Waals surface area contributed by atoms with Crippen LogP contribution < -0.4 is 0 Å². The number of likely N-dealkylation sites (tertiary alicyclic amines) is 1. The molecule has 110 valence electrons. The van der Waals surface area contributed by atoms with Crippen LogP contribution in [0.1, 0.15) is 42.9 Å². The third-order valence-corrected chi connectivity index (χ3v) is 3.91. The molecule has 1 amide bonds. The average molecular weight is 279 g/mol. The van der Waals surface area contributed by atoms with E-state index in [1.54, 1.807) is 15.6 Å². The Balaban J connectivity index is 2.15. The lowest BCUT2D eigenvalue weighted by molar-refractivity contribution is -0.143. The quantitative estimate of drug-likeness (QED) is 0.910. The summed E-state index contributed by atoms with van der Waals surface area (Å²) in [5, 5.41) is 13.4. The van der Waals surface area contributed by atoms with Crippen molar-refractivity contribution in [3.05, 3.63) is 17.5 Å². The summed E-state index contributed by atoms with van der Waals surface area (Å²) in [5.74, 6) is -1.16. The van der Waals surface area contributed by atoms with Gasteiger partial charge in [-0.3, -0.25) is 14.3 Å². The maximum absolute atomic E-state index is 12.6. The van der Waals surface area contributed by atoms with Crippen molar-refractivity contribution in [1.82, 2.24) is 14.7 Å². The molecular formula is C14H21N3O3. The highest BCUT2D eigenvalue weighted by molar-refractivity contribution is 5.93. The molecule has 2 heterocycles. The number of aryl methyl sites for hydroxylation is 2. The van der Waals surface area contributed by atoms with Gasteiger partial charge in [-0.15, -0.1) is 0 Å². The molecule has 0 aliphatic carbocycles. The van der Waals surface area contributed by atoms with E-state index in [-0.39, 0.29) is 17.9 Å². The molecule has 1 aliphatic rings. The SMILES string of the molecule is CCn1nc(C)cc1C(=O)N1CCC(C(=O)O)CC1C. The number of carbonyl (C=O) groups excluding carboxylic acids is 1. The van der Waals surface area contributed by atoms with Crippen molar-refractivity contribution in [2.75, 3.05) is 6.54 Å². The summed E-state index contributed by atoms with van der Waals surface area (Å²) in [6, 6.07) is 1.74. The van der Waals surface area contributed by atoms with Crippen LogP contribution in [0.4, 0.5) is 0 Å². The summed E-state index contributed by atoms with van der Waals surface area (Å²) in [6.45, 7) is 6.86. The second kappa shape index (κ2) is 5.64. The number of hydrogen-bond acceptors (Lipinski definition) is 3. The zero-order chi connectivity index (χ0) is 14.9. The van der Waals surface area contributed by atoms with Gasteiger partial charge in [0.1, 0.15) is 5.69 Å². The van der Waals surface area contributed by atoms with Gasteiger partial charge in [-0.05, 0) is 39.7 Å². The minimum absolute atomic E-state index is 0.0520. The molecule has 6 heteroatoms. The summed E-state index contributed by atoms with van der Waals surface area (Å²) in [6.07, 6.45) is 1.03. The smallest absolute Gasteiger partial charge is 0.306 e. The van der Waals surface area contributed by atoms with Gasteiger partial charge >= 0.3 is 5.97 Å². The summed E-state index contributed by atoms with van der Waals surface area (Å²) in [7, 11) is 0. The molecule has 1 aromatic heterocycles.